The molecule has 0 heterocycles. The van der Waals surface area contributed by atoms with E-state index in [1.807, 2.05) is 6.07 Å². The van der Waals surface area contributed by atoms with Crippen LogP contribution in [-0.2, 0) is 9.53 Å². The highest BCUT2D eigenvalue weighted by molar-refractivity contribution is 8.00. The van der Waals surface area contributed by atoms with Crippen LogP contribution in [0.5, 0.6) is 0 Å². The first-order valence-corrected chi connectivity index (χ1v) is 7.29. The summed E-state index contributed by atoms with van der Waals surface area (Å²) in [6, 6.07) is 8.67. The van der Waals surface area contributed by atoms with E-state index in [-0.39, 0.29) is 11.7 Å². The number of thioether (sulfide) groups is 1. The number of hydrogen-bond acceptors (Lipinski definition) is 4. The monoisotopic (exact) mass is 321 g/mol. The number of nitrogens with one attached hydrogen (secondary N) is 1. The van der Waals surface area contributed by atoms with E-state index in [0.29, 0.717) is 5.56 Å². The van der Waals surface area contributed by atoms with Gasteiger partial charge in [0.2, 0.25) is 0 Å². The quantitative estimate of drug-likeness (QED) is 0.497. The SMILES string of the molecule is COC(=O)CS[C@H](NC(=O)c1ccccc1)C(Cl)Cl. The number of halogens is 2. The fourth-order valence-corrected chi connectivity index (χ4v) is 2.53. The van der Waals surface area contributed by atoms with Gasteiger partial charge in [-0.25, -0.2) is 0 Å². The van der Waals surface area contributed by atoms with Gasteiger partial charge < -0.3 is 10.1 Å². The highest BCUT2D eigenvalue weighted by Crippen LogP contribution is 2.20. The fraction of sp³-hybridized carbons (Fsp3) is 0.333. The molecule has 0 spiro atoms. The van der Waals surface area contributed by atoms with Crippen LogP contribution in [0.2, 0.25) is 0 Å². The molecule has 0 radical (unpaired) electrons. The number of carbonyl (C=O) groups is 2. The van der Waals surface area contributed by atoms with E-state index in [2.05, 4.69) is 10.1 Å². The fourth-order valence-electron chi connectivity index (χ4n) is 1.20. The molecule has 0 aliphatic rings. The Balaban J connectivity index is 2.58. The van der Waals surface area contributed by atoms with Crippen LogP contribution in [0, 0.1) is 0 Å². The lowest BCUT2D eigenvalue weighted by atomic mass is 10.2. The van der Waals surface area contributed by atoms with Gasteiger partial charge in [0.05, 0.1) is 12.9 Å². The molecule has 1 atom stereocenters. The van der Waals surface area contributed by atoms with Gasteiger partial charge in [-0.05, 0) is 12.1 Å². The molecule has 19 heavy (non-hydrogen) atoms. The summed E-state index contributed by atoms with van der Waals surface area (Å²) in [4.78, 5) is 22.1. The van der Waals surface area contributed by atoms with Gasteiger partial charge in [-0.1, -0.05) is 18.2 Å². The Kier molecular flexibility index (Phi) is 7.05. The summed E-state index contributed by atoms with van der Waals surface area (Å²) in [7, 11) is 1.29. The smallest absolute Gasteiger partial charge is 0.315 e. The van der Waals surface area contributed by atoms with Crippen LogP contribution in [0.15, 0.2) is 30.3 Å². The Morgan fingerprint density at radius 2 is 1.95 bits per heavy atom. The maximum Gasteiger partial charge on any atom is 0.315 e. The summed E-state index contributed by atoms with van der Waals surface area (Å²) in [6.45, 7) is 0. The number of amides is 1. The minimum absolute atomic E-state index is 0.0617. The number of methoxy groups -OCH3 is 1. The Morgan fingerprint density at radius 3 is 2.47 bits per heavy atom. The lowest BCUT2D eigenvalue weighted by molar-refractivity contribution is -0.137. The van der Waals surface area contributed by atoms with Crippen LogP contribution < -0.4 is 5.32 Å². The van der Waals surface area contributed by atoms with E-state index >= 15 is 0 Å². The summed E-state index contributed by atoms with van der Waals surface area (Å²) in [5, 5.41) is 2.08. The molecule has 7 heteroatoms. The highest BCUT2D eigenvalue weighted by Gasteiger charge is 2.21. The lowest BCUT2D eigenvalue weighted by Crippen LogP contribution is -2.37. The maximum atomic E-state index is 11.9. The zero-order valence-electron chi connectivity index (χ0n) is 10.1. The number of benzene rings is 1. The van der Waals surface area contributed by atoms with Gasteiger partial charge in [-0.3, -0.25) is 9.59 Å². The largest absolute Gasteiger partial charge is 0.468 e. The second kappa shape index (κ2) is 8.30. The molecule has 1 aromatic carbocycles. The van der Waals surface area contributed by atoms with Crippen molar-refractivity contribution in [3.05, 3.63) is 35.9 Å². The van der Waals surface area contributed by atoms with Crippen LogP contribution in [-0.4, -0.2) is 34.9 Å². The molecule has 0 bridgehead atoms. The summed E-state index contributed by atoms with van der Waals surface area (Å²) in [6.07, 6.45) is 0. The number of esters is 1. The van der Waals surface area contributed by atoms with Gasteiger partial charge in [0.1, 0.15) is 10.2 Å². The Hall–Kier alpha value is -0.910. The van der Waals surface area contributed by atoms with Crippen molar-refractivity contribution < 1.29 is 14.3 Å². The van der Waals surface area contributed by atoms with Crippen molar-refractivity contribution in [3.63, 3.8) is 0 Å². The number of alkyl halides is 2. The zero-order chi connectivity index (χ0) is 14.3. The van der Waals surface area contributed by atoms with Gasteiger partial charge in [0.15, 0.2) is 0 Å². The van der Waals surface area contributed by atoms with E-state index in [1.165, 1.54) is 7.11 Å². The number of rotatable bonds is 6. The molecule has 4 nitrogen and oxygen atoms in total. The van der Waals surface area contributed by atoms with Gasteiger partial charge in [-0.2, -0.15) is 0 Å². The van der Waals surface area contributed by atoms with Crippen LogP contribution in [0.3, 0.4) is 0 Å². The Bertz CT molecular complexity index is 428. The molecule has 1 aromatic rings. The van der Waals surface area contributed by atoms with Crippen LogP contribution >= 0.6 is 35.0 Å². The lowest BCUT2D eigenvalue weighted by Gasteiger charge is -2.18. The molecular formula is C12H13Cl2NO3S. The molecule has 0 aliphatic carbocycles. The van der Waals surface area contributed by atoms with Crippen molar-refractivity contribution in [3.8, 4) is 0 Å². The third-order valence-corrected chi connectivity index (χ3v) is 4.10. The first-order chi connectivity index (χ1) is 9.04. The van der Waals surface area contributed by atoms with Gasteiger partial charge >= 0.3 is 5.97 Å². The standard InChI is InChI=1S/C12H13Cl2NO3S/c1-18-9(16)7-19-12(10(13)14)15-11(17)8-5-3-2-4-6-8/h2-6,10,12H,7H2,1H3,(H,15,17)/t12-/m0/s1. The van der Waals surface area contributed by atoms with Crippen molar-refractivity contribution in [1.29, 1.82) is 0 Å². The molecule has 1 amide bonds. The third-order valence-electron chi connectivity index (χ3n) is 2.15. The Labute approximate surface area is 125 Å². The minimum atomic E-state index is -0.831. The third kappa shape index (κ3) is 5.72. The van der Waals surface area contributed by atoms with Crippen molar-refractivity contribution in [2.75, 3.05) is 12.9 Å². The maximum absolute atomic E-state index is 11.9. The predicted octanol–water partition coefficient (Wildman–Crippen LogP) is 2.45. The average molecular weight is 322 g/mol. The second-order valence-corrected chi connectivity index (χ2v) is 5.78. The number of hydrogen-bond donors (Lipinski definition) is 1. The molecule has 1 N–H and O–H groups in total. The second-order valence-electron chi connectivity index (χ2n) is 3.48. The zero-order valence-corrected chi connectivity index (χ0v) is 12.5. The topological polar surface area (TPSA) is 55.4 Å². The predicted molar refractivity (Wildman–Crippen MR) is 77.7 cm³/mol. The summed E-state index contributed by atoms with van der Waals surface area (Å²) in [5.41, 5.74) is 0.500. The molecule has 1 rings (SSSR count). The summed E-state index contributed by atoms with van der Waals surface area (Å²) >= 11 is 12.7. The molecule has 0 aromatic heterocycles. The van der Waals surface area contributed by atoms with Crippen molar-refractivity contribution in [1.82, 2.24) is 5.32 Å². The normalized spacial score (nSPS) is 12.0. The molecule has 104 valence electrons. The van der Waals surface area contributed by atoms with Crippen molar-refractivity contribution in [2.45, 2.75) is 10.2 Å². The van der Waals surface area contributed by atoms with Gasteiger partial charge in [0, 0.05) is 5.56 Å². The van der Waals surface area contributed by atoms with E-state index in [1.54, 1.807) is 24.3 Å². The molecule has 0 fully saturated rings. The molecular weight excluding hydrogens is 309 g/mol. The first kappa shape index (κ1) is 16.1. The number of carbonyl (C=O) groups excluding carboxylic acids is 2. The first-order valence-electron chi connectivity index (χ1n) is 5.37. The van der Waals surface area contributed by atoms with E-state index in [0.717, 1.165) is 11.8 Å². The van der Waals surface area contributed by atoms with E-state index in [9.17, 15) is 9.59 Å². The van der Waals surface area contributed by atoms with Gasteiger partial charge in [-0.15, -0.1) is 35.0 Å². The molecule has 0 unspecified atom stereocenters. The number of ether oxygens (including phenoxy) is 1. The van der Waals surface area contributed by atoms with E-state index in [4.69, 9.17) is 23.2 Å². The Morgan fingerprint density at radius 1 is 1.32 bits per heavy atom. The average Bonchev–Trinajstić information content (AvgIpc) is 2.43. The summed E-state index contributed by atoms with van der Waals surface area (Å²) in [5.74, 6) is -0.640. The molecule has 0 saturated carbocycles. The van der Waals surface area contributed by atoms with Crippen LogP contribution in [0.1, 0.15) is 10.4 Å². The van der Waals surface area contributed by atoms with Crippen molar-refractivity contribution in [2.24, 2.45) is 0 Å². The van der Waals surface area contributed by atoms with Crippen LogP contribution in [0.4, 0.5) is 0 Å². The summed E-state index contributed by atoms with van der Waals surface area (Å²) < 4.78 is 4.51. The highest BCUT2D eigenvalue weighted by atomic mass is 35.5. The van der Waals surface area contributed by atoms with Crippen LogP contribution in [0.25, 0.3) is 0 Å². The van der Waals surface area contributed by atoms with Gasteiger partial charge in [0.25, 0.3) is 5.91 Å². The minimum Gasteiger partial charge on any atom is -0.468 e. The molecule has 0 saturated heterocycles. The van der Waals surface area contributed by atoms with E-state index < -0.39 is 16.2 Å². The van der Waals surface area contributed by atoms with Crippen molar-refractivity contribution >= 4 is 46.8 Å². The molecule has 0 aliphatic heterocycles.